The maximum absolute atomic E-state index is 13.7. The standard InChI is InChI=1S/C13H15ClFNO2/c14-7-6-12(17)16-11-5-2-8-18-13-9(11)3-1-4-10(13)15/h1,3-4,11H,2,5-8H2,(H,16,17). The third kappa shape index (κ3) is 2.93. The fourth-order valence-electron chi connectivity index (χ4n) is 2.07. The zero-order valence-corrected chi connectivity index (χ0v) is 10.7. The maximum Gasteiger partial charge on any atom is 0.221 e. The lowest BCUT2D eigenvalue weighted by molar-refractivity contribution is -0.121. The third-order valence-corrected chi connectivity index (χ3v) is 3.10. The van der Waals surface area contributed by atoms with Gasteiger partial charge in [0, 0.05) is 17.9 Å². The number of carbonyl (C=O) groups excluding carboxylic acids is 1. The molecule has 3 nitrogen and oxygen atoms in total. The number of fused-ring (bicyclic) bond motifs is 1. The number of hydrogen-bond acceptors (Lipinski definition) is 2. The molecule has 1 aromatic carbocycles. The van der Waals surface area contributed by atoms with Crippen LogP contribution in [0, 0.1) is 5.82 Å². The lowest BCUT2D eigenvalue weighted by Gasteiger charge is -2.18. The Balaban J connectivity index is 2.22. The molecule has 1 aliphatic heterocycles. The van der Waals surface area contributed by atoms with Crippen molar-refractivity contribution in [1.82, 2.24) is 5.32 Å². The number of halogens is 2. The van der Waals surface area contributed by atoms with Crippen molar-refractivity contribution < 1.29 is 13.9 Å². The summed E-state index contributed by atoms with van der Waals surface area (Å²) in [6, 6.07) is 4.58. The lowest BCUT2D eigenvalue weighted by Crippen LogP contribution is -2.28. The molecule has 5 heteroatoms. The average Bonchev–Trinajstić information content (AvgIpc) is 2.54. The van der Waals surface area contributed by atoms with Crippen LogP contribution in [0.2, 0.25) is 0 Å². The van der Waals surface area contributed by atoms with E-state index in [-0.39, 0.29) is 35.8 Å². The van der Waals surface area contributed by atoms with Crippen LogP contribution in [-0.2, 0) is 4.79 Å². The highest BCUT2D eigenvalue weighted by atomic mass is 35.5. The van der Waals surface area contributed by atoms with E-state index < -0.39 is 0 Å². The van der Waals surface area contributed by atoms with Crippen molar-refractivity contribution in [3.05, 3.63) is 29.6 Å². The fourth-order valence-corrected chi connectivity index (χ4v) is 2.24. The summed E-state index contributed by atoms with van der Waals surface area (Å²) < 4.78 is 19.1. The number of alkyl halides is 1. The summed E-state index contributed by atoms with van der Waals surface area (Å²) in [4.78, 5) is 11.6. The van der Waals surface area contributed by atoms with Gasteiger partial charge < -0.3 is 10.1 Å². The van der Waals surface area contributed by atoms with Gasteiger partial charge in [-0.15, -0.1) is 11.6 Å². The lowest BCUT2D eigenvalue weighted by atomic mass is 10.0. The van der Waals surface area contributed by atoms with E-state index in [2.05, 4.69) is 5.32 Å². The molecular formula is C13H15ClFNO2. The Morgan fingerprint density at radius 2 is 2.39 bits per heavy atom. The zero-order valence-electron chi connectivity index (χ0n) is 9.92. The molecule has 98 valence electrons. The molecule has 1 unspecified atom stereocenters. The minimum absolute atomic E-state index is 0.118. The summed E-state index contributed by atoms with van der Waals surface area (Å²) in [6.07, 6.45) is 1.79. The maximum atomic E-state index is 13.7. The quantitative estimate of drug-likeness (QED) is 0.859. The minimum atomic E-state index is -0.383. The van der Waals surface area contributed by atoms with Crippen LogP contribution >= 0.6 is 11.6 Å². The van der Waals surface area contributed by atoms with Crippen LogP contribution in [0.3, 0.4) is 0 Å². The molecule has 0 bridgehead atoms. The molecule has 1 amide bonds. The highest BCUT2D eigenvalue weighted by Gasteiger charge is 2.23. The third-order valence-electron chi connectivity index (χ3n) is 2.91. The minimum Gasteiger partial charge on any atom is -0.490 e. The van der Waals surface area contributed by atoms with Gasteiger partial charge in [-0.2, -0.15) is 0 Å². The molecule has 0 saturated carbocycles. The molecule has 1 aliphatic rings. The first-order chi connectivity index (χ1) is 8.72. The average molecular weight is 272 g/mol. The van der Waals surface area contributed by atoms with E-state index >= 15 is 0 Å². The monoisotopic (exact) mass is 271 g/mol. The fraction of sp³-hybridized carbons (Fsp3) is 0.462. The summed E-state index contributed by atoms with van der Waals surface area (Å²) in [6.45, 7) is 0.468. The molecule has 1 aromatic rings. The van der Waals surface area contributed by atoms with Gasteiger partial charge in [0.2, 0.25) is 5.91 Å². The van der Waals surface area contributed by atoms with Gasteiger partial charge in [-0.1, -0.05) is 12.1 Å². The Kier molecular flexibility index (Phi) is 4.42. The number of rotatable bonds is 3. The van der Waals surface area contributed by atoms with E-state index in [0.717, 1.165) is 12.8 Å². The second kappa shape index (κ2) is 6.05. The Labute approximate surface area is 110 Å². The first kappa shape index (κ1) is 13.1. The molecule has 0 aliphatic carbocycles. The second-order valence-corrected chi connectivity index (χ2v) is 4.59. The Hall–Kier alpha value is -1.29. The molecule has 0 spiro atoms. The van der Waals surface area contributed by atoms with Gasteiger partial charge in [0.15, 0.2) is 11.6 Å². The van der Waals surface area contributed by atoms with E-state index in [1.54, 1.807) is 12.1 Å². The predicted molar refractivity (Wildman–Crippen MR) is 67.3 cm³/mol. The van der Waals surface area contributed by atoms with Crippen molar-refractivity contribution in [2.24, 2.45) is 0 Å². The summed E-state index contributed by atoms with van der Waals surface area (Å²) in [5.41, 5.74) is 0.704. The van der Waals surface area contributed by atoms with E-state index in [1.807, 2.05) is 0 Å². The van der Waals surface area contributed by atoms with Gasteiger partial charge in [0.25, 0.3) is 0 Å². The number of carbonyl (C=O) groups is 1. The Morgan fingerprint density at radius 1 is 1.56 bits per heavy atom. The highest BCUT2D eigenvalue weighted by Crippen LogP contribution is 2.33. The first-order valence-corrected chi connectivity index (χ1v) is 6.52. The molecule has 1 atom stereocenters. The van der Waals surface area contributed by atoms with E-state index in [0.29, 0.717) is 12.2 Å². The molecular weight excluding hydrogens is 257 g/mol. The van der Waals surface area contributed by atoms with Crippen molar-refractivity contribution in [3.63, 3.8) is 0 Å². The smallest absolute Gasteiger partial charge is 0.221 e. The number of amides is 1. The van der Waals surface area contributed by atoms with Crippen LogP contribution in [0.25, 0.3) is 0 Å². The van der Waals surface area contributed by atoms with Crippen LogP contribution in [0.1, 0.15) is 30.9 Å². The van der Waals surface area contributed by atoms with Crippen LogP contribution in [-0.4, -0.2) is 18.4 Å². The van der Waals surface area contributed by atoms with E-state index in [9.17, 15) is 9.18 Å². The van der Waals surface area contributed by atoms with Crippen molar-refractivity contribution in [2.45, 2.75) is 25.3 Å². The highest BCUT2D eigenvalue weighted by molar-refractivity contribution is 6.18. The van der Waals surface area contributed by atoms with E-state index in [4.69, 9.17) is 16.3 Å². The summed E-state index contributed by atoms with van der Waals surface area (Å²) in [5, 5.41) is 2.87. The largest absolute Gasteiger partial charge is 0.490 e. The zero-order chi connectivity index (χ0) is 13.0. The van der Waals surface area contributed by atoms with Gasteiger partial charge in [-0.05, 0) is 18.9 Å². The van der Waals surface area contributed by atoms with E-state index in [1.165, 1.54) is 6.07 Å². The number of hydrogen-bond donors (Lipinski definition) is 1. The summed E-state index contributed by atoms with van der Waals surface area (Å²) in [7, 11) is 0. The SMILES string of the molecule is O=C(CCCl)NC1CCCOc2c(F)cccc21. The van der Waals surface area contributed by atoms with Crippen LogP contribution in [0.5, 0.6) is 5.75 Å². The normalized spacial score (nSPS) is 18.4. The van der Waals surface area contributed by atoms with Gasteiger partial charge in [0.1, 0.15) is 0 Å². The van der Waals surface area contributed by atoms with Crippen LogP contribution < -0.4 is 10.1 Å². The van der Waals surface area contributed by atoms with Crippen molar-refractivity contribution in [3.8, 4) is 5.75 Å². The van der Waals surface area contributed by atoms with Gasteiger partial charge >= 0.3 is 0 Å². The number of para-hydroxylation sites is 1. The van der Waals surface area contributed by atoms with Crippen molar-refractivity contribution in [1.29, 1.82) is 0 Å². The first-order valence-electron chi connectivity index (χ1n) is 5.99. The summed E-state index contributed by atoms with van der Waals surface area (Å²) in [5.74, 6) is 0.0368. The summed E-state index contributed by atoms with van der Waals surface area (Å²) >= 11 is 5.53. The van der Waals surface area contributed by atoms with Crippen LogP contribution in [0.4, 0.5) is 4.39 Å². The molecule has 0 fully saturated rings. The topological polar surface area (TPSA) is 38.3 Å². The van der Waals surface area contributed by atoms with Gasteiger partial charge in [-0.3, -0.25) is 4.79 Å². The number of ether oxygens (including phenoxy) is 1. The second-order valence-electron chi connectivity index (χ2n) is 4.21. The Bertz CT molecular complexity index is 439. The molecule has 1 heterocycles. The predicted octanol–water partition coefficient (Wildman–Crippen LogP) is 2.78. The van der Waals surface area contributed by atoms with Gasteiger partial charge in [0.05, 0.1) is 12.6 Å². The number of nitrogens with one attached hydrogen (secondary N) is 1. The van der Waals surface area contributed by atoms with Gasteiger partial charge in [-0.25, -0.2) is 4.39 Å². The molecule has 0 aromatic heterocycles. The molecule has 18 heavy (non-hydrogen) atoms. The molecule has 0 saturated heterocycles. The molecule has 0 radical (unpaired) electrons. The van der Waals surface area contributed by atoms with Crippen molar-refractivity contribution in [2.75, 3.05) is 12.5 Å². The molecule has 1 N–H and O–H groups in total. The Morgan fingerprint density at radius 3 is 3.17 bits per heavy atom. The number of benzene rings is 1. The van der Waals surface area contributed by atoms with Crippen LogP contribution in [0.15, 0.2) is 18.2 Å². The molecule has 2 rings (SSSR count). The van der Waals surface area contributed by atoms with Crippen molar-refractivity contribution >= 4 is 17.5 Å².